The molecule has 0 radical (unpaired) electrons. The summed E-state index contributed by atoms with van der Waals surface area (Å²) in [6.45, 7) is 3.41. The Hall–Kier alpha value is -1.86. The quantitative estimate of drug-likeness (QED) is 0.831. The first-order chi connectivity index (χ1) is 12.2. The minimum atomic E-state index is -0.267. The fourth-order valence-electron chi connectivity index (χ4n) is 3.29. The predicted octanol–water partition coefficient (Wildman–Crippen LogP) is 2.77. The van der Waals surface area contributed by atoms with Gasteiger partial charge in [-0.05, 0) is 29.5 Å². The summed E-state index contributed by atoms with van der Waals surface area (Å²) in [5, 5.41) is 3.06. The Labute approximate surface area is 150 Å². The summed E-state index contributed by atoms with van der Waals surface area (Å²) in [6.07, 6.45) is 1.22. The maximum atomic E-state index is 13.1. The van der Waals surface area contributed by atoms with Crippen molar-refractivity contribution in [2.45, 2.75) is 18.9 Å². The SMILES string of the molecule is O=C(CC1=CSC2=NCCCN12)N1CCOC(c2ccc(F)cc2)C1. The summed E-state index contributed by atoms with van der Waals surface area (Å²) >= 11 is 1.60. The van der Waals surface area contributed by atoms with Crippen molar-refractivity contribution in [2.75, 3.05) is 32.8 Å². The zero-order valence-electron chi connectivity index (χ0n) is 13.9. The molecule has 1 saturated heterocycles. The third-order valence-corrected chi connectivity index (χ3v) is 5.61. The van der Waals surface area contributed by atoms with Crippen LogP contribution in [0.25, 0.3) is 0 Å². The average Bonchev–Trinajstić information content (AvgIpc) is 3.05. The highest BCUT2D eigenvalue weighted by atomic mass is 32.2. The van der Waals surface area contributed by atoms with Crippen LogP contribution in [0.1, 0.15) is 24.5 Å². The standard InChI is InChI=1S/C18H20FN3O2S/c19-14-4-2-13(3-5-14)16-11-21(8-9-24-16)17(23)10-15-12-25-18-20-6-1-7-22(15)18/h2-5,12,16H,1,6-11H2. The number of hydrogen-bond donors (Lipinski definition) is 0. The van der Waals surface area contributed by atoms with E-state index in [1.54, 1.807) is 23.9 Å². The summed E-state index contributed by atoms with van der Waals surface area (Å²) in [4.78, 5) is 21.3. The molecular formula is C18H20FN3O2S. The first-order valence-corrected chi connectivity index (χ1v) is 9.41. The van der Waals surface area contributed by atoms with E-state index < -0.39 is 0 Å². The molecule has 25 heavy (non-hydrogen) atoms. The largest absolute Gasteiger partial charge is 0.370 e. The maximum absolute atomic E-state index is 13.1. The van der Waals surface area contributed by atoms with Crippen molar-refractivity contribution in [3.8, 4) is 0 Å². The van der Waals surface area contributed by atoms with E-state index in [4.69, 9.17) is 4.74 Å². The zero-order chi connectivity index (χ0) is 17.2. The second-order valence-corrected chi connectivity index (χ2v) is 7.16. The van der Waals surface area contributed by atoms with E-state index >= 15 is 0 Å². The van der Waals surface area contributed by atoms with Crippen molar-refractivity contribution in [1.29, 1.82) is 0 Å². The number of thioether (sulfide) groups is 1. The minimum Gasteiger partial charge on any atom is -0.370 e. The van der Waals surface area contributed by atoms with Gasteiger partial charge in [0.15, 0.2) is 5.17 Å². The number of hydrogen-bond acceptors (Lipinski definition) is 5. The van der Waals surface area contributed by atoms with E-state index in [1.165, 1.54) is 12.1 Å². The number of aliphatic imine (C=N–C) groups is 1. The van der Waals surface area contributed by atoms with Gasteiger partial charge in [0.05, 0.1) is 19.6 Å². The molecule has 1 unspecified atom stereocenters. The lowest BCUT2D eigenvalue weighted by Crippen LogP contribution is -2.43. The fourth-order valence-corrected chi connectivity index (χ4v) is 4.25. The average molecular weight is 361 g/mol. The fraction of sp³-hybridized carbons (Fsp3) is 0.444. The summed E-state index contributed by atoms with van der Waals surface area (Å²) in [5.41, 5.74) is 1.94. The number of amidine groups is 1. The number of carbonyl (C=O) groups is 1. The van der Waals surface area contributed by atoms with Crippen molar-refractivity contribution in [3.05, 3.63) is 46.8 Å². The van der Waals surface area contributed by atoms with E-state index in [-0.39, 0.29) is 17.8 Å². The van der Waals surface area contributed by atoms with Crippen molar-refractivity contribution >= 4 is 22.8 Å². The Morgan fingerprint density at radius 2 is 2.16 bits per heavy atom. The van der Waals surface area contributed by atoms with Gasteiger partial charge in [-0.25, -0.2) is 4.39 Å². The van der Waals surface area contributed by atoms with Crippen LogP contribution in [0.2, 0.25) is 0 Å². The lowest BCUT2D eigenvalue weighted by Gasteiger charge is -2.34. The molecule has 1 aromatic rings. The van der Waals surface area contributed by atoms with Crippen LogP contribution in [0.15, 0.2) is 40.4 Å². The molecule has 1 atom stereocenters. The molecule has 0 saturated carbocycles. The molecule has 1 fully saturated rings. The van der Waals surface area contributed by atoms with Gasteiger partial charge in [0.25, 0.3) is 0 Å². The molecule has 1 amide bonds. The van der Waals surface area contributed by atoms with Gasteiger partial charge in [-0.1, -0.05) is 23.9 Å². The van der Waals surface area contributed by atoms with Crippen LogP contribution in [-0.2, 0) is 9.53 Å². The van der Waals surface area contributed by atoms with Gasteiger partial charge in [0.1, 0.15) is 11.9 Å². The first kappa shape index (κ1) is 16.6. The van der Waals surface area contributed by atoms with Crippen LogP contribution in [0.3, 0.4) is 0 Å². The van der Waals surface area contributed by atoms with Crippen LogP contribution >= 0.6 is 11.8 Å². The molecule has 0 spiro atoms. The number of amides is 1. The highest BCUT2D eigenvalue weighted by Crippen LogP contribution is 2.31. The van der Waals surface area contributed by atoms with Crippen molar-refractivity contribution < 1.29 is 13.9 Å². The number of carbonyl (C=O) groups excluding carboxylic acids is 1. The Morgan fingerprint density at radius 1 is 1.32 bits per heavy atom. The number of rotatable bonds is 3. The third kappa shape index (κ3) is 3.57. The third-order valence-electron chi connectivity index (χ3n) is 4.66. The monoisotopic (exact) mass is 361 g/mol. The van der Waals surface area contributed by atoms with Gasteiger partial charge >= 0.3 is 0 Å². The van der Waals surface area contributed by atoms with E-state index in [1.807, 2.05) is 10.3 Å². The number of ether oxygens (including phenoxy) is 1. The second kappa shape index (κ2) is 7.17. The van der Waals surface area contributed by atoms with Crippen LogP contribution < -0.4 is 0 Å². The summed E-state index contributed by atoms with van der Waals surface area (Å²) in [6, 6.07) is 6.30. The van der Waals surface area contributed by atoms with E-state index in [9.17, 15) is 9.18 Å². The van der Waals surface area contributed by atoms with E-state index in [2.05, 4.69) is 9.89 Å². The van der Waals surface area contributed by atoms with Gasteiger partial charge in [0, 0.05) is 25.3 Å². The van der Waals surface area contributed by atoms with Gasteiger partial charge < -0.3 is 14.5 Å². The Balaban J connectivity index is 1.39. The van der Waals surface area contributed by atoms with Crippen LogP contribution in [-0.4, -0.2) is 53.7 Å². The topological polar surface area (TPSA) is 45.1 Å². The molecule has 0 aliphatic carbocycles. The Kier molecular flexibility index (Phi) is 4.76. The smallest absolute Gasteiger partial charge is 0.228 e. The summed E-state index contributed by atoms with van der Waals surface area (Å²) in [5.74, 6) is -0.161. The Bertz CT molecular complexity index is 720. The molecule has 1 aromatic carbocycles. The zero-order valence-corrected chi connectivity index (χ0v) is 14.7. The van der Waals surface area contributed by atoms with E-state index in [0.717, 1.165) is 35.9 Å². The van der Waals surface area contributed by atoms with Gasteiger partial charge in [-0.2, -0.15) is 0 Å². The number of nitrogens with zero attached hydrogens (tertiary/aromatic N) is 3. The molecule has 7 heteroatoms. The van der Waals surface area contributed by atoms with Crippen molar-refractivity contribution in [2.24, 2.45) is 4.99 Å². The lowest BCUT2D eigenvalue weighted by atomic mass is 10.1. The Morgan fingerprint density at radius 3 is 3.00 bits per heavy atom. The molecule has 4 rings (SSSR count). The first-order valence-electron chi connectivity index (χ1n) is 8.53. The lowest BCUT2D eigenvalue weighted by molar-refractivity contribution is -0.138. The molecule has 3 heterocycles. The molecule has 132 valence electrons. The number of fused-ring (bicyclic) bond motifs is 1. The summed E-state index contributed by atoms with van der Waals surface area (Å²) < 4.78 is 18.9. The van der Waals surface area contributed by atoms with Gasteiger partial charge in [0.2, 0.25) is 5.91 Å². The number of halogens is 1. The second-order valence-electron chi connectivity index (χ2n) is 6.32. The maximum Gasteiger partial charge on any atom is 0.228 e. The molecule has 0 N–H and O–H groups in total. The summed E-state index contributed by atoms with van der Waals surface area (Å²) in [7, 11) is 0. The number of benzene rings is 1. The normalized spacial score (nSPS) is 23.2. The molecular weight excluding hydrogens is 341 g/mol. The molecule has 3 aliphatic heterocycles. The predicted molar refractivity (Wildman–Crippen MR) is 95.6 cm³/mol. The molecule has 0 bridgehead atoms. The van der Waals surface area contributed by atoms with Crippen molar-refractivity contribution in [3.63, 3.8) is 0 Å². The van der Waals surface area contributed by atoms with Gasteiger partial charge in [-0.15, -0.1) is 0 Å². The van der Waals surface area contributed by atoms with Gasteiger partial charge in [-0.3, -0.25) is 9.79 Å². The van der Waals surface area contributed by atoms with Crippen LogP contribution in [0.4, 0.5) is 4.39 Å². The van der Waals surface area contributed by atoms with Crippen LogP contribution in [0, 0.1) is 5.82 Å². The minimum absolute atomic E-state index is 0.106. The highest BCUT2D eigenvalue weighted by molar-refractivity contribution is 8.16. The highest BCUT2D eigenvalue weighted by Gasteiger charge is 2.30. The van der Waals surface area contributed by atoms with E-state index in [0.29, 0.717) is 26.1 Å². The molecule has 5 nitrogen and oxygen atoms in total. The molecule has 3 aliphatic rings. The molecule has 0 aromatic heterocycles. The van der Waals surface area contributed by atoms with Crippen molar-refractivity contribution in [1.82, 2.24) is 9.80 Å². The number of morpholine rings is 1. The van der Waals surface area contributed by atoms with Crippen LogP contribution in [0.5, 0.6) is 0 Å².